The molecule has 1 aromatic heterocycles. The number of aliphatic carboxylic acids is 2. The van der Waals surface area contributed by atoms with Crippen LogP contribution in [0.15, 0.2) is 23.7 Å². The minimum absolute atomic E-state index is 0.140. The molecule has 4 atom stereocenters. The second-order valence-corrected chi connectivity index (χ2v) is 8.50. The topological polar surface area (TPSA) is 137 Å². The number of carbonyl (C=O) groups excluding carboxylic acids is 2. The summed E-state index contributed by atoms with van der Waals surface area (Å²) in [6.07, 6.45) is 8.13. The van der Waals surface area contributed by atoms with E-state index in [1.165, 1.54) is 17.5 Å². The molecule has 0 spiro atoms. The number of nitrogens with zero attached hydrogens (tertiary/aromatic N) is 2. The number of carboxylic acid groups (broad SMARTS) is 2. The molecule has 0 radical (unpaired) electrons. The number of unbranched alkanes of at least 4 members (excludes halogenated alkanes) is 2. The van der Waals surface area contributed by atoms with E-state index in [4.69, 9.17) is 0 Å². The molecule has 162 valence electrons. The molecule has 3 heterocycles. The van der Waals surface area contributed by atoms with Crippen molar-refractivity contribution in [2.75, 3.05) is 6.54 Å². The molecule has 3 rings (SSSR count). The SMILES string of the molecule is CCCCC=CCCN1C(=O)C2C(c3nccs3)NC(CC(=O)O)(C(=O)O)C2C1=O. The van der Waals surface area contributed by atoms with E-state index in [1.807, 2.05) is 12.2 Å². The lowest BCUT2D eigenvalue weighted by Gasteiger charge is -2.29. The lowest BCUT2D eigenvalue weighted by Crippen LogP contribution is -2.57. The molecular formula is C20H25N3O6S. The molecule has 9 nitrogen and oxygen atoms in total. The van der Waals surface area contributed by atoms with Crippen LogP contribution in [0.1, 0.15) is 50.1 Å². The molecule has 2 amide bonds. The fourth-order valence-electron chi connectivity index (χ4n) is 4.32. The lowest BCUT2D eigenvalue weighted by atomic mass is 9.78. The Morgan fingerprint density at radius 3 is 2.60 bits per heavy atom. The molecule has 0 aliphatic carbocycles. The average Bonchev–Trinajstić information content (AvgIpc) is 3.37. The van der Waals surface area contributed by atoms with E-state index in [0.717, 1.165) is 24.2 Å². The summed E-state index contributed by atoms with van der Waals surface area (Å²) in [5.41, 5.74) is -2.06. The first-order valence-electron chi connectivity index (χ1n) is 9.96. The molecular weight excluding hydrogens is 410 g/mol. The van der Waals surface area contributed by atoms with Crippen LogP contribution in [-0.2, 0) is 19.2 Å². The van der Waals surface area contributed by atoms with Crippen LogP contribution in [0.5, 0.6) is 0 Å². The number of imide groups is 1. The minimum atomic E-state index is -2.06. The van der Waals surface area contributed by atoms with Crippen LogP contribution < -0.4 is 5.32 Å². The Morgan fingerprint density at radius 2 is 2.00 bits per heavy atom. The van der Waals surface area contributed by atoms with Gasteiger partial charge in [0.05, 0.1) is 24.3 Å². The van der Waals surface area contributed by atoms with Crippen molar-refractivity contribution in [2.45, 2.75) is 50.6 Å². The monoisotopic (exact) mass is 435 g/mol. The van der Waals surface area contributed by atoms with E-state index >= 15 is 0 Å². The second-order valence-electron chi connectivity index (χ2n) is 7.57. The fourth-order valence-corrected chi connectivity index (χ4v) is 5.05. The van der Waals surface area contributed by atoms with Gasteiger partial charge in [0.25, 0.3) is 0 Å². The highest BCUT2D eigenvalue weighted by Gasteiger charge is 2.69. The number of allylic oxidation sites excluding steroid dienone is 1. The van der Waals surface area contributed by atoms with Gasteiger partial charge in [-0.1, -0.05) is 31.9 Å². The second kappa shape index (κ2) is 9.05. The number of likely N-dealkylation sites (tertiary alicyclic amines) is 1. The van der Waals surface area contributed by atoms with Crippen molar-refractivity contribution in [3.05, 3.63) is 28.7 Å². The summed E-state index contributed by atoms with van der Waals surface area (Å²) >= 11 is 1.23. The highest BCUT2D eigenvalue weighted by Crippen LogP contribution is 2.50. The van der Waals surface area contributed by atoms with E-state index in [1.54, 1.807) is 5.38 Å². The number of amides is 2. The third-order valence-corrected chi connectivity index (χ3v) is 6.54. The Morgan fingerprint density at radius 1 is 1.27 bits per heavy atom. The summed E-state index contributed by atoms with van der Waals surface area (Å²) in [5.74, 6) is -6.22. The van der Waals surface area contributed by atoms with Crippen LogP contribution in [-0.4, -0.2) is 55.9 Å². The Bertz CT molecular complexity index is 855. The number of rotatable bonds is 10. The van der Waals surface area contributed by atoms with Crippen LogP contribution in [0.3, 0.4) is 0 Å². The number of aromatic nitrogens is 1. The normalized spacial score (nSPS) is 28.4. The maximum absolute atomic E-state index is 13.1. The standard InChI is InChI=1S/C20H25N3O6S/c1-2-3-4-5-6-7-9-23-17(26)13-14(18(23)27)20(19(28)29,11-12(24)25)22-15(13)16-21-8-10-30-16/h5-6,8,10,13-15,22H,2-4,7,9,11H2,1H3,(H,24,25)(H,28,29). The van der Waals surface area contributed by atoms with Gasteiger partial charge in [-0.3, -0.25) is 29.4 Å². The summed E-state index contributed by atoms with van der Waals surface area (Å²) in [4.78, 5) is 55.2. The molecule has 1 aromatic rings. The Balaban J connectivity index is 1.90. The molecule has 4 unspecified atom stereocenters. The zero-order chi connectivity index (χ0) is 21.9. The lowest BCUT2D eigenvalue weighted by molar-refractivity contribution is -0.156. The van der Waals surface area contributed by atoms with E-state index in [-0.39, 0.29) is 6.54 Å². The highest BCUT2D eigenvalue weighted by atomic mass is 32.1. The number of nitrogens with one attached hydrogen (secondary N) is 1. The van der Waals surface area contributed by atoms with Gasteiger partial charge >= 0.3 is 11.9 Å². The van der Waals surface area contributed by atoms with Crippen LogP contribution in [0.4, 0.5) is 0 Å². The number of hydrogen-bond acceptors (Lipinski definition) is 7. The Kier molecular flexibility index (Phi) is 6.67. The van der Waals surface area contributed by atoms with Gasteiger partial charge in [0, 0.05) is 18.1 Å². The van der Waals surface area contributed by atoms with Crippen LogP contribution >= 0.6 is 11.3 Å². The molecule has 2 saturated heterocycles. The predicted octanol–water partition coefficient (Wildman–Crippen LogP) is 1.82. The summed E-state index contributed by atoms with van der Waals surface area (Å²) in [6.45, 7) is 2.23. The van der Waals surface area contributed by atoms with Gasteiger partial charge in [-0.05, 0) is 12.8 Å². The van der Waals surface area contributed by atoms with Crippen LogP contribution in [0.25, 0.3) is 0 Å². The van der Waals surface area contributed by atoms with Crippen molar-refractivity contribution in [3.63, 3.8) is 0 Å². The largest absolute Gasteiger partial charge is 0.481 e. The molecule has 10 heteroatoms. The van der Waals surface area contributed by atoms with Crippen molar-refractivity contribution in [1.29, 1.82) is 0 Å². The highest BCUT2D eigenvalue weighted by molar-refractivity contribution is 7.09. The Hall–Kier alpha value is -2.59. The van der Waals surface area contributed by atoms with Gasteiger partial charge in [0.15, 0.2) is 0 Å². The summed E-state index contributed by atoms with van der Waals surface area (Å²) in [5, 5.41) is 24.2. The molecule has 0 saturated carbocycles. The van der Waals surface area contributed by atoms with E-state index in [9.17, 15) is 29.4 Å². The molecule has 0 bridgehead atoms. The number of thiazole rings is 1. The zero-order valence-electron chi connectivity index (χ0n) is 16.6. The van der Waals surface area contributed by atoms with E-state index < -0.39 is 53.6 Å². The molecule has 2 fully saturated rings. The molecule has 2 aliphatic rings. The number of carboxylic acids is 2. The number of hydrogen-bond donors (Lipinski definition) is 3. The summed E-state index contributed by atoms with van der Waals surface area (Å²) in [7, 11) is 0. The van der Waals surface area contributed by atoms with Gasteiger partial charge in [0.2, 0.25) is 11.8 Å². The maximum Gasteiger partial charge on any atom is 0.325 e. The zero-order valence-corrected chi connectivity index (χ0v) is 17.4. The quantitative estimate of drug-likeness (QED) is 0.288. The van der Waals surface area contributed by atoms with Gasteiger partial charge in [-0.15, -0.1) is 11.3 Å². The van der Waals surface area contributed by atoms with Crippen molar-refractivity contribution in [2.24, 2.45) is 11.8 Å². The Labute approximate surface area is 177 Å². The van der Waals surface area contributed by atoms with Gasteiger partial charge < -0.3 is 10.2 Å². The maximum atomic E-state index is 13.1. The first-order valence-corrected chi connectivity index (χ1v) is 10.8. The first kappa shape index (κ1) is 22.1. The summed E-state index contributed by atoms with van der Waals surface area (Å²) < 4.78 is 0. The number of carbonyl (C=O) groups is 4. The van der Waals surface area contributed by atoms with E-state index in [0.29, 0.717) is 11.4 Å². The van der Waals surface area contributed by atoms with Gasteiger partial charge in [-0.25, -0.2) is 4.98 Å². The smallest absolute Gasteiger partial charge is 0.325 e. The predicted molar refractivity (Wildman–Crippen MR) is 108 cm³/mol. The van der Waals surface area contributed by atoms with Gasteiger partial charge in [0.1, 0.15) is 10.5 Å². The van der Waals surface area contributed by atoms with Crippen molar-refractivity contribution < 1.29 is 29.4 Å². The van der Waals surface area contributed by atoms with Crippen molar-refractivity contribution in [3.8, 4) is 0 Å². The number of fused-ring (bicyclic) bond motifs is 1. The average molecular weight is 436 g/mol. The first-order chi connectivity index (χ1) is 14.3. The van der Waals surface area contributed by atoms with Crippen molar-refractivity contribution >= 4 is 35.1 Å². The fraction of sp³-hybridized carbons (Fsp3) is 0.550. The van der Waals surface area contributed by atoms with Crippen LogP contribution in [0.2, 0.25) is 0 Å². The minimum Gasteiger partial charge on any atom is -0.481 e. The summed E-state index contributed by atoms with van der Waals surface area (Å²) in [6, 6.07) is -0.827. The molecule has 2 aliphatic heterocycles. The van der Waals surface area contributed by atoms with Crippen LogP contribution in [0, 0.1) is 11.8 Å². The van der Waals surface area contributed by atoms with Gasteiger partial charge in [-0.2, -0.15) is 0 Å². The third kappa shape index (κ3) is 3.89. The molecule has 30 heavy (non-hydrogen) atoms. The van der Waals surface area contributed by atoms with Crippen molar-refractivity contribution in [1.82, 2.24) is 15.2 Å². The molecule has 3 N–H and O–H groups in total. The van der Waals surface area contributed by atoms with E-state index in [2.05, 4.69) is 17.2 Å². The third-order valence-electron chi connectivity index (χ3n) is 5.69. The molecule has 0 aromatic carbocycles.